The molecule has 1 amide bonds. The van der Waals surface area contributed by atoms with Crippen LogP contribution in [0.15, 0.2) is 0 Å². The van der Waals surface area contributed by atoms with E-state index in [4.69, 9.17) is 9.47 Å². The van der Waals surface area contributed by atoms with Gasteiger partial charge in [0.1, 0.15) is 21.0 Å². The van der Waals surface area contributed by atoms with E-state index in [-0.39, 0.29) is 17.9 Å². The Morgan fingerprint density at radius 2 is 1.87 bits per heavy atom. The Morgan fingerprint density at radius 1 is 1.26 bits per heavy atom. The lowest BCUT2D eigenvalue weighted by Gasteiger charge is -2.36. The summed E-state index contributed by atoms with van der Waals surface area (Å²) in [4.78, 5) is 26.1. The fourth-order valence-corrected chi connectivity index (χ4v) is 3.63. The van der Waals surface area contributed by atoms with Gasteiger partial charge in [0.15, 0.2) is 0 Å². The standard InChI is InChI=1S/C15H27NO6S/c1-6-23(19,20)11-9-15(12(17)21-5)8-7-10-16(15)13(18)22-14(2,3)4/h6-11H2,1-5H3. The van der Waals surface area contributed by atoms with Crippen molar-refractivity contribution < 1.29 is 27.5 Å². The number of ether oxygens (including phenoxy) is 2. The van der Waals surface area contributed by atoms with E-state index in [1.54, 1.807) is 27.7 Å². The molecule has 0 spiro atoms. The van der Waals surface area contributed by atoms with Crippen LogP contribution in [0.25, 0.3) is 0 Å². The first-order chi connectivity index (χ1) is 10.5. The van der Waals surface area contributed by atoms with Crippen LogP contribution in [0, 0.1) is 0 Å². The number of likely N-dealkylation sites (tertiary alicyclic amines) is 1. The first-order valence-electron chi connectivity index (χ1n) is 7.77. The molecular weight excluding hydrogens is 322 g/mol. The maximum Gasteiger partial charge on any atom is 0.411 e. The van der Waals surface area contributed by atoms with E-state index in [9.17, 15) is 18.0 Å². The number of amides is 1. The predicted molar refractivity (Wildman–Crippen MR) is 85.9 cm³/mol. The van der Waals surface area contributed by atoms with E-state index in [1.165, 1.54) is 12.0 Å². The van der Waals surface area contributed by atoms with Gasteiger partial charge in [0.2, 0.25) is 0 Å². The van der Waals surface area contributed by atoms with Crippen molar-refractivity contribution in [1.29, 1.82) is 0 Å². The first kappa shape index (κ1) is 19.7. The van der Waals surface area contributed by atoms with Crippen LogP contribution in [0.4, 0.5) is 4.79 Å². The SMILES string of the molecule is CCS(=O)(=O)CCC1(C(=O)OC)CCCN1C(=O)OC(C)(C)C. The van der Waals surface area contributed by atoms with E-state index in [0.29, 0.717) is 19.4 Å². The topological polar surface area (TPSA) is 90.0 Å². The minimum Gasteiger partial charge on any atom is -0.467 e. The molecule has 1 fully saturated rings. The number of carbonyl (C=O) groups is 2. The van der Waals surface area contributed by atoms with Crippen molar-refractivity contribution in [3.63, 3.8) is 0 Å². The quantitative estimate of drug-likeness (QED) is 0.703. The van der Waals surface area contributed by atoms with Gasteiger partial charge in [-0.3, -0.25) is 4.90 Å². The Bertz CT molecular complexity index is 551. The Hall–Kier alpha value is -1.31. The van der Waals surface area contributed by atoms with Crippen molar-refractivity contribution in [3.8, 4) is 0 Å². The number of nitrogens with zero attached hydrogens (tertiary/aromatic N) is 1. The van der Waals surface area contributed by atoms with Gasteiger partial charge < -0.3 is 9.47 Å². The number of carbonyl (C=O) groups excluding carboxylic acids is 2. The first-order valence-corrected chi connectivity index (χ1v) is 9.59. The molecule has 1 atom stereocenters. The predicted octanol–water partition coefficient (Wildman–Crippen LogP) is 1.75. The molecule has 7 nitrogen and oxygen atoms in total. The highest BCUT2D eigenvalue weighted by molar-refractivity contribution is 7.91. The second-order valence-corrected chi connectivity index (χ2v) is 9.22. The summed E-state index contributed by atoms with van der Waals surface area (Å²) in [6.45, 7) is 7.11. The number of rotatable bonds is 5. The minimum absolute atomic E-state index is 0.00328. The molecule has 0 aliphatic carbocycles. The van der Waals surface area contributed by atoms with Crippen molar-refractivity contribution in [3.05, 3.63) is 0 Å². The molecule has 23 heavy (non-hydrogen) atoms. The van der Waals surface area contributed by atoms with Crippen LogP contribution in [-0.2, 0) is 24.1 Å². The monoisotopic (exact) mass is 349 g/mol. The summed E-state index contributed by atoms with van der Waals surface area (Å²) < 4.78 is 33.9. The van der Waals surface area contributed by atoms with E-state index in [0.717, 1.165) is 0 Å². The molecule has 0 aromatic heterocycles. The molecule has 0 aromatic rings. The molecule has 1 aliphatic heterocycles. The van der Waals surface area contributed by atoms with Crippen LogP contribution in [-0.4, -0.2) is 61.7 Å². The highest BCUT2D eigenvalue weighted by Gasteiger charge is 2.52. The number of hydrogen-bond donors (Lipinski definition) is 0. The highest BCUT2D eigenvalue weighted by Crippen LogP contribution is 2.35. The van der Waals surface area contributed by atoms with E-state index in [1.807, 2.05) is 0 Å². The molecule has 8 heteroatoms. The summed E-state index contributed by atoms with van der Waals surface area (Å²) in [5.41, 5.74) is -1.96. The van der Waals surface area contributed by atoms with E-state index < -0.39 is 33.0 Å². The van der Waals surface area contributed by atoms with Gasteiger partial charge in [0.25, 0.3) is 0 Å². The van der Waals surface area contributed by atoms with E-state index in [2.05, 4.69) is 0 Å². The third kappa shape index (κ3) is 4.83. The Labute approximate surface area is 138 Å². The molecule has 1 aliphatic rings. The largest absolute Gasteiger partial charge is 0.467 e. The number of methoxy groups -OCH3 is 1. The van der Waals surface area contributed by atoms with Gasteiger partial charge in [-0.05, 0) is 40.0 Å². The molecule has 1 rings (SSSR count). The Kier molecular flexibility index (Phi) is 6.06. The maximum atomic E-state index is 12.4. The summed E-state index contributed by atoms with van der Waals surface area (Å²) in [7, 11) is -2.02. The van der Waals surface area contributed by atoms with E-state index >= 15 is 0 Å². The third-order valence-corrected chi connectivity index (χ3v) is 5.64. The lowest BCUT2D eigenvalue weighted by Crippen LogP contribution is -2.55. The second kappa shape index (κ2) is 7.07. The number of sulfone groups is 1. The maximum absolute atomic E-state index is 12.4. The zero-order valence-corrected chi connectivity index (χ0v) is 15.4. The van der Waals surface area contributed by atoms with Gasteiger partial charge in [0.05, 0.1) is 12.9 Å². The molecule has 134 valence electrons. The van der Waals surface area contributed by atoms with Gasteiger partial charge in [-0.1, -0.05) is 6.92 Å². The van der Waals surface area contributed by atoms with Crippen molar-refractivity contribution >= 4 is 21.9 Å². The van der Waals surface area contributed by atoms with Gasteiger partial charge in [-0.2, -0.15) is 0 Å². The molecular formula is C15H27NO6S. The fourth-order valence-electron chi connectivity index (χ4n) is 2.69. The van der Waals surface area contributed by atoms with Gasteiger partial charge in [-0.15, -0.1) is 0 Å². The van der Waals surface area contributed by atoms with Crippen LogP contribution in [0.5, 0.6) is 0 Å². The number of hydrogen-bond acceptors (Lipinski definition) is 6. The second-order valence-electron chi connectivity index (χ2n) is 6.75. The summed E-state index contributed by atoms with van der Waals surface area (Å²) in [5.74, 6) is -0.763. The normalized spacial score (nSPS) is 22.0. The van der Waals surface area contributed by atoms with Gasteiger partial charge in [-0.25, -0.2) is 18.0 Å². The van der Waals surface area contributed by atoms with Gasteiger partial charge in [0, 0.05) is 12.3 Å². The molecule has 0 N–H and O–H groups in total. The average Bonchev–Trinajstić information content (AvgIpc) is 2.88. The molecule has 0 radical (unpaired) electrons. The number of esters is 1. The summed E-state index contributed by atoms with van der Waals surface area (Å²) in [5, 5.41) is 0. The van der Waals surface area contributed by atoms with Crippen LogP contribution in [0.2, 0.25) is 0 Å². The lowest BCUT2D eigenvalue weighted by atomic mass is 9.93. The minimum atomic E-state index is -3.26. The van der Waals surface area contributed by atoms with Crippen LogP contribution in [0.1, 0.15) is 47.0 Å². The van der Waals surface area contributed by atoms with Crippen LogP contribution >= 0.6 is 0 Å². The van der Waals surface area contributed by atoms with Crippen LogP contribution in [0.3, 0.4) is 0 Å². The zero-order valence-electron chi connectivity index (χ0n) is 14.5. The van der Waals surface area contributed by atoms with Gasteiger partial charge >= 0.3 is 12.1 Å². The molecule has 0 saturated carbocycles. The zero-order chi connectivity index (χ0) is 17.9. The molecule has 1 heterocycles. The third-order valence-electron chi connectivity index (χ3n) is 3.93. The lowest BCUT2D eigenvalue weighted by molar-refractivity contribution is -0.153. The average molecular weight is 349 g/mol. The summed E-state index contributed by atoms with van der Waals surface area (Å²) in [6, 6.07) is 0. The van der Waals surface area contributed by atoms with Crippen molar-refractivity contribution in [2.75, 3.05) is 25.2 Å². The summed E-state index contributed by atoms with van der Waals surface area (Å²) >= 11 is 0. The Balaban J connectivity index is 3.07. The van der Waals surface area contributed by atoms with Crippen LogP contribution < -0.4 is 0 Å². The molecule has 1 saturated heterocycles. The van der Waals surface area contributed by atoms with Crippen molar-refractivity contribution in [2.24, 2.45) is 0 Å². The Morgan fingerprint density at radius 3 is 2.35 bits per heavy atom. The summed E-state index contributed by atoms with van der Waals surface area (Å²) in [6.07, 6.45) is 0.377. The molecule has 1 unspecified atom stereocenters. The fraction of sp³-hybridized carbons (Fsp3) is 0.867. The molecule has 0 aromatic carbocycles. The highest BCUT2D eigenvalue weighted by atomic mass is 32.2. The van der Waals surface area contributed by atoms with Crippen molar-refractivity contribution in [1.82, 2.24) is 4.90 Å². The van der Waals surface area contributed by atoms with Crippen molar-refractivity contribution in [2.45, 2.75) is 58.1 Å². The smallest absolute Gasteiger partial charge is 0.411 e. The molecule has 0 bridgehead atoms.